The molecule has 2 rings (SSSR count). The highest BCUT2D eigenvalue weighted by Gasteiger charge is 1.99. The van der Waals surface area contributed by atoms with Crippen molar-refractivity contribution in [3.8, 4) is 0 Å². The maximum atomic E-state index is 4.47. The lowest BCUT2D eigenvalue weighted by Gasteiger charge is -1.90. The van der Waals surface area contributed by atoms with Gasteiger partial charge in [-0.1, -0.05) is 25.5 Å². The summed E-state index contributed by atoms with van der Waals surface area (Å²) >= 11 is 0. The van der Waals surface area contributed by atoms with Crippen LogP contribution in [0.25, 0.3) is 11.0 Å². The monoisotopic (exact) mass is 173 g/mol. The lowest BCUT2D eigenvalue weighted by Crippen LogP contribution is -1.86. The number of nitrogens with one attached hydrogen (secondary N) is 1. The Balaban J connectivity index is 2.28. The number of rotatable bonds is 3. The topological polar surface area (TPSA) is 28.7 Å². The standard InChI is InChI=1S/C11H13N2/c1-2-3-8-11-12-9-6-4-5-7-10(9)13-11/h4-7H,1-3,8H2,(H,12,13). The van der Waals surface area contributed by atoms with Crippen LogP contribution in [0.5, 0.6) is 0 Å². The quantitative estimate of drug-likeness (QED) is 0.759. The van der Waals surface area contributed by atoms with E-state index in [1.165, 1.54) is 0 Å². The number of nitrogens with zero attached hydrogens (tertiary/aromatic N) is 1. The molecule has 0 atom stereocenters. The number of H-pyrrole nitrogens is 1. The molecule has 0 amide bonds. The average molecular weight is 173 g/mol. The highest BCUT2D eigenvalue weighted by atomic mass is 14.9. The number of unbranched alkanes of at least 4 members (excludes halogenated alkanes) is 1. The summed E-state index contributed by atoms with van der Waals surface area (Å²) in [7, 11) is 0. The molecule has 0 unspecified atom stereocenters. The fraction of sp³-hybridized carbons (Fsp3) is 0.273. The zero-order valence-electron chi connectivity index (χ0n) is 7.59. The Morgan fingerprint density at radius 3 is 2.92 bits per heavy atom. The van der Waals surface area contributed by atoms with Gasteiger partial charge < -0.3 is 4.98 Å². The maximum absolute atomic E-state index is 4.47. The van der Waals surface area contributed by atoms with E-state index < -0.39 is 0 Å². The second-order valence-electron chi connectivity index (χ2n) is 3.16. The number of hydrogen-bond acceptors (Lipinski definition) is 1. The minimum absolute atomic E-state index is 0.969. The molecule has 67 valence electrons. The average Bonchev–Trinajstić information content (AvgIpc) is 2.57. The zero-order valence-corrected chi connectivity index (χ0v) is 7.59. The van der Waals surface area contributed by atoms with Gasteiger partial charge in [-0.05, 0) is 18.6 Å². The molecule has 13 heavy (non-hydrogen) atoms. The van der Waals surface area contributed by atoms with Gasteiger partial charge in [0.15, 0.2) is 0 Å². The molecule has 1 N–H and O–H groups in total. The van der Waals surface area contributed by atoms with Crippen LogP contribution in [0.3, 0.4) is 0 Å². The van der Waals surface area contributed by atoms with E-state index in [-0.39, 0.29) is 0 Å². The van der Waals surface area contributed by atoms with Crippen LogP contribution in [-0.4, -0.2) is 9.97 Å². The molecule has 0 aliphatic heterocycles. The van der Waals surface area contributed by atoms with E-state index in [1.807, 2.05) is 18.2 Å². The number of benzene rings is 1. The lowest BCUT2D eigenvalue weighted by molar-refractivity contribution is 0.801. The van der Waals surface area contributed by atoms with Gasteiger partial charge in [0, 0.05) is 6.42 Å². The summed E-state index contributed by atoms with van der Waals surface area (Å²) in [6, 6.07) is 8.11. The third-order valence-corrected chi connectivity index (χ3v) is 2.10. The van der Waals surface area contributed by atoms with Crippen LogP contribution in [0.15, 0.2) is 24.3 Å². The zero-order chi connectivity index (χ0) is 9.10. The van der Waals surface area contributed by atoms with Crippen LogP contribution >= 0.6 is 0 Å². The second-order valence-corrected chi connectivity index (χ2v) is 3.16. The highest BCUT2D eigenvalue weighted by Crippen LogP contribution is 2.11. The van der Waals surface area contributed by atoms with Crippen molar-refractivity contribution in [2.75, 3.05) is 0 Å². The summed E-state index contributed by atoms with van der Waals surface area (Å²) in [6.07, 6.45) is 3.06. The van der Waals surface area contributed by atoms with Gasteiger partial charge in [0.25, 0.3) is 0 Å². The molecule has 1 radical (unpaired) electrons. The van der Waals surface area contributed by atoms with Crippen molar-refractivity contribution < 1.29 is 0 Å². The summed E-state index contributed by atoms with van der Waals surface area (Å²) in [5, 5.41) is 0. The Morgan fingerprint density at radius 2 is 2.15 bits per heavy atom. The van der Waals surface area contributed by atoms with Crippen molar-refractivity contribution in [3.63, 3.8) is 0 Å². The molecule has 2 nitrogen and oxygen atoms in total. The first-order chi connectivity index (χ1) is 6.40. The minimum atomic E-state index is 0.969. The number of aromatic amines is 1. The third-order valence-electron chi connectivity index (χ3n) is 2.10. The predicted octanol–water partition coefficient (Wildman–Crippen LogP) is 2.72. The smallest absolute Gasteiger partial charge is 0.107 e. The second kappa shape index (κ2) is 3.60. The molecule has 0 spiro atoms. The van der Waals surface area contributed by atoms with E-state index in [2.05, 4.69) is 23.0 Å². The van der Waals surface area contributed by atoms with Gasteiger partial charge in [0.1, 0.15) is 5.82 Å². The molecule has 2 heteroatoms. The van der Waals surface area contributed by atoms with Crippen molar-refractivity contribution in [1.29, 1.82) is 0 Å². The molecular weight excluding hydrogens is 160 g/mol. The Hall–Kier alpha value is -1.31. The lowest BCUT2D eigenvalue weighted by atomic mass is 10.2. The summed E-state index contributed by atoms with van der Waals surface area (Å²) in [5.74, 6) is 1.07. The predicted molar refractivity (Wildman–Crippen MR) is 54.4 cm³/mol. The largest absolute Gasteiger partial charge is 0.342 e. The Labute approximate surface area is 78.0 Å². The van der Waals surface area contributed by atoms with Gasteiger partial charge in [-0.2, -0.15) is 0 Å². The molecule has 2 aromatic rings. The minimum Gasteiger partial charge on any atom is -0.342 e. The summed E-state index contributed by atoms with van der Waals surface area (Å²) in [4.78, 5) is 7.76. The molecule has 1 heterocycles. The van der Waals surface area contributed by atoms with Crippen molar-refractivity contribution in [3.05, 3.63) is 37.0 Å². The first-order valence-corrected chi connectivity index (χ1v) is 4.63. The number of aryl methyl sites for hydroxylation is 1. The van der Waals surface area contributed by atoms with Crippen LogP contribution in [0.2, 0.25) is 0 Å². The highest BCUT2D eigenvalue weighted by molar-refractivity contribution is 5.74. The van der Waals surface area contributed by atoms with Crippen molar-refractivity contribution in [2.24, 2.45) is 0 Å². The van der Waals surface area contributed by atoms with Crippen molar-refractivity contribution in [1.82, 2.24) is 9.97 Å². The number of fused-ring (bicyclic) bond motifs is 1. The van der Waals surface area contributed by atoms with Crippen LogP contribution in [0, 0.1) is 6.92 Å². The van der Waals surface area contributed by atoms with Gasteiger partial charge in [-0.15, -0.1) is 0 Å². The molecule has 0 aliphatic carbocycles. The Kier molecular flexibility index (Phi) is 2.30. The summed E-state index contributed by atoms with van der Waals surface area (Å²) < 4.78 is 0. The van der Waals surface area contributed by atoms with E-state index in [0.29, 0.717) is 0 Å². The number of hydrogen-bond donors (Lipinski definition) is 1. The Morgan fingerprint density at radius 1 is 1.31 bits per heavy atom. The first-order valence-electron chi connectivity index (χ1n) is 4.63. The SMILES string of the molecule is [CH2]CCCc1nc2ccccc2[nH]1. The number of aromatic nitrogens is 2. The van der Waals surface area contributed by atoms with E-state index >= 15 is 0 Å². The van der Waals surface area contributed by atoms with Crippen LogP contribution in [0.4, 0.5) is 0 Å². The number of para-hydroxylation sites is 2. The van der Waals surface area contributed by atoms with E-state index in [4.69, 9.17) is 0 Å². The summed E-state index contributed by atoms with van der Waals surface area (Å²) in [5.41, 5.74) is 2.18. The van der Waals surface area contributed by atoms with E-state index in [9.17, 15) is 0 Å². The van der Waals surface area contributed by atoms with E-state index in [0.717, 1.165) is 36.1 Å². The van der Waals surface area contributed by atoms with Crippen LogP contribution in [-0.2, 0) is 6.42 Å². The van der Waals surface area contributed by atoms with Crippen LogP contribution < -0.4 is 0 Å². The molecule has 0 aliphatic rings. The molecule has 0 bridgehead atoms. The third kappa shape index (κ3) is 1.72. The fourth-order valence-corrected chi connectivity index (χ4v) is 1.42. The van der Waals surface area contributed by atoms with Gasteiger partial charge >= 0.3 is 0 Å². The van der Waals surface area contributed by atoms with Gasteiger partial charge in [0.05, 0.1) is 11.0 Å². The first kappa shape index (κ1) is 8.30. The molecule has 0 saturated heterocycles. The van der Waals surface area contributed by atoms with Gasteiger partial charge in [-0.3, -0.25) is 0 Å². The summed E-state index contributed by atoms with van der Waals surface area (Å²) in [6.45, 7) is 3.81. The molecule has 0 saturated carbocycles. The Bertz CT molecular complexity index is 357. The van der Waals surface area contributed by atoms with Crippen molar-refractivity contribution >= 4 is 11.0 Å². The molecule has 1 aromatic carbocycles. The molecular formula is C11H13N2. The van der Waals surface area contributed by atoms with Gasteiger partial charge in [-0.25, -0.2) is 4.98 Å². The van der Waals surface area contributed by atoms with Gasteiger partial charge in [0.2, 0.25) is 0 Å². The normalized spacial score (nSPS) is 10.8. The van der Waals surface area contributed by atoms with Crippen LogP contribution in [0.1, 0.15) is 18.7 Å². The van der Waals surface area contributed by atoms with E-state index in [1.54, 1.807) is 0 Å². The maximum Gasteiger partial charge on any atom is 0.107 e. The number of imidazole rings is 1. The molecule has 1 aromatic heterocycles. The fourth-order valence-electron chi connectivity index (χ4n) is 1.42. The van der Waals surface area contributed by atoms with Crippen molar-refractivity contribution in [2.45, 2.75) is 19.3 Å². The molecule has 0 fully saturated rings.